The Labute approximate surface area is 121 Å². The predicted molar refractivity (Wildman–Crippen MR) is 73.1 cm³/mol. The van der Waals surface area contributed by atoms with Gasteiger partial charge in [0, 0.05) is 11.1 Å². The molecule has 19 heavy (non-hydrogen) atoms. The van der Waals surface area contributed by atoms with Crippen molar-refractivity contribution in [3.05, 3.63) is 27.7 Å². The van der Waals surface area contributed by atoms with Crippen LogP contribution in [0.3, 0.4) is 0 Å². The Hall–Kier alpha value is -1.26. The molecule has 2 rings (SSSR count). The van der Waals surface area contributed by atoms with Crippen LogP contribution >= 0.6 is 23.2 Å². The van der Waals surface area contributed by atoms with Crippen LogP contribution in [0.15, 0.2) is 12.1 Å². The number of hydrogen-bond donors (Lipinski definition) is 1. The summed E-state index contributed by atoms with van der Waals surface area (Å²) < 4.78 is 5.48. The Morgan fingerprint density at radius 2 is 2.16 bits per heavy atom. The molecule has 1 fully saturated rings. The van der Waals surface area contributed by atoms with Gasteiger partial charge in [-0.3, -0.25) is 9.59 Å². The van der Waals surface area contributed by atoms with Crippen LogP contribution in [-0.4, -0.2) is 24.3 Å². The molecule has 0 spiro atoms. The highest BCUT2D eigenvalue weighted by molar-refractivity contribution is 6.36. The van der Waals surface area contributed by atoms with E-state index in [0.717, 1.165) is 12.8 Å². The summed E-state index contributed by atoms with van der Waals surface area (Å²) in [6.45, 7) is 1.61. The van der Waals surface area contributed by atoms with E-state index in [4.69, 9.17) is 27.9 Å². The van der Waals surface area contributed by atoms with Crippen LogP contribution in [0, 0.1) is 0 Å². The van der Waals surface area contributed by atoms with Crippen molar-refractivity contribution < 1.29 is 14.3 Å². The second-order valence-electron chi connectivity index (χ2n) is 4.47. The normalized spacial score (nSPS) is 15.7. The van der Waals surface area contributed by atoms with E-state index in [-0.39, 0.29) is 28.3 Å². The van der Waals surface area contributed by atoms with Crippen molar-refractivity contribution >= 4 is 35.4 Å². The molecule has 1 atom stereocenters. The van der Waals surface area contributed by atoms with Crippen molar-refractivity contribution in [2.45, 2.75) is 31.9 Å². The number of ether oxygens (including phenoxy) is 1. The highest BCUT2D eigenvalue weighted by Gasteiger charge is 2.27. The van der Waals surface area contributed by atoms with Crippen LogP contribution in [0.2, 0.25) is 10.0 Å². The second-order valence-corrected chi connectivity index (χ2v) is 5.31. The van der Waals surface area contributed by atoms with Gasteiger partial charge in [-0.25, -0.2) is 0 Å². The zero-order chi connectivity index (χ0) is 14.0. The summed E-state index contributed by atoms with van der Waals surface area (Å²) >= 11 is 11.8. The summed E-state index contributed by atoms with van der Waals surface area (Å²) in [6.07, 6.45) is 1.87. The lowest BCUT2D eigenvalue weighted by molar-refractivity contribution is -0.127. The first-order valence-corrected chi connectivity index (χ1v) is 6.68. The number of benzene rings is 1. The van der Waals surface area contributed by atoms with Gasteiger partial charge in [-0.2, -0.15) is 0 Å². The maximum atomic E-state index is 11.8. The third kappa shape index (κ3) is 3.61. The van der Waals surface area contributed by atoms with Gasteiger partial charge in [-0.05, 0) is 31.9 Å². The van der Waals surface area contributed by atoms with Crippen LogP contribution < -0.4 is 10.1 Å². The quantitative estimate of drug-likeness (QED) is 0.851. The van der Waals surface area contributed by atoms with E-state index in [1.165, 1.54) is 12.1 Å². The average molecular weight is 302 g/mol. The molecule has 1 amide bonds. The lowest BCUT2D eigenvalue weighted by Crippen LogP contribution is -2.37. The van der Waals surface area contributed by atoms with Gasteiger partial charge in [0.15, 0.2) is 12.4 Å². The van der Waals surface area contributed by atoms with Crippen molar-refractivity contribution in [1.29, 1.82) is 0 Å². The molecule has 1 saturated carbocycles. The fraction of sp³-hybridized carbons (Fsp3) is 0.385. The van der Waals surface area contributed by atoms with E-state index in [1.807, 2.05) is 0 Å². The number of aldehydes is 1. The van der Waals surface area contributed by atoms with Gasteiger partial charge in [0.2, 0.25) is 0 Å². The third-order valence-electron chi connectivity index (χ3n) is 2.75. The Kier molecular flexibility index (Phi) is 4.32. The third-order valence-corrected chi connectivity index (χ3v) is 3.25. The maximum Gasteiger partial charge on any atom is 0.260 e. The van der Waals surface area contributed by atoms with Crippen LogP contribution in [0.1, 0.15) is 30.1 Å². The summed E-state index contributed by atoms with van der Waals surface area (Å²) in [5.74, 6) is -0.0371. The first kappa shape index (κ1) is 14.2. The van der Waals surface area contributed by atoms with E-state index in [0.29, 0.717) is 11.3 Å². The number of nitrogens with one attached hydrogen (secondary N) is 1. The Bertz CT molecular complexity index is 515. The minimum Gasteiger partial charge on any atom is -0.479 e. The molecule has 0 aromatic heterocycles. The number of halogens is 2. The minimum atomic E-state index is -0.724. The molecule has 1 aromatic rings. The molecule has 1 unspecified atom stereocenters. The van der Waals surface area contributed by atoms with Gasteiger partial charge in [-0.15, -0.1) is 0 Å². The lowest BCUT2D eigenvalue weighted by atomic mass is 10.2. The molecular formula is C13H13Cl2NO3. The molecule has 102 valence electrons. The minimum absolute atomic E-state index is 0.180. The second kappa shape index (κ2) is 5.80. The molecule has 1 aliphatic rings. The first-order chi connectivity index (χ1) is 9.01. The molecule has 6 heteroatoms. The van der Waals surface area contributed by atoms with Crippen LogP contribution in [0.4, 0.5) is 0 Å². The molecule has 1 aromatic carbocycles. The van der Waals surface area contributed by atoms with E-state index < -0.39 is 6.10 Å². The summed E-state index contributed by atoms with van der Waals surface area (Å²) in [7, 11) is 0. The average Bonchev–Trinajstić information content (AvgIpc) is 3.15. The largest absolute Gasteiger partial charge is 0.479 e. The van der Waals surface area contributed by atoms with E-state index in [2.05, 4.69) is 5.32 Å². The van der Waals surface area contributed by atoms with Crippen LogP contribution in [0.25, 0.3) is 0 Å². The number of hydrogen-bond acceptors (Lipinski definition) is 3. The lowest BCUT2D eigenvalue weighted by Gasteiger charge is -2.17. The fourth-order valence-corrected chi connectivity index (χ4v) is 2.12. The number of carbonyl (C=O) groups excluding carboxylic acids is 2. The van der Waals surface area contributed by atoms with Gasteiger partial charge < -0.3 is 10.1 Å². The van der Waals surface area contributed by atoms with Gasteiger partial charge in [-0.1, -0.05) is 23.2 Å². The van der Waals surface area contributed by atoms with Crippen molar-refractivity contribution in [1.82, 2.24) is 5.32 Å². The standard InChI is InChI=1S/C13H13Cl2NO3/c1-7(13(18)16-10-2-3-10)19-12-8(6-17)4-9(14)5-11(12)15/h4-7,10H,2-3H2,1H3,(H,16,18). The Morgan fingerprint density at radius 3 is 2.74 bits per heavy atom. The fourth-order valence-electron chi connectivity index (χ4n) is 1.57. The monoisotopic (exact) mass is 301 g/mol. The molecule has 1 aliphatic carbocycles. The van der Waals surface area contributed by atoms with Crippen LogP contribution in [0.5, 0.6) is 5.75 Å². The van der Waals surface area contributed by atoms with Crippen molar-refractivity contribution in [2.75, 3.05) is 0 Å². The number of carbonyl (C=O) groups is 2. The van der Waals surface area contributed by atoms with Gasteiger partial charge in [0.05, 0.1) is 10.6 Å². The molecule has 0 heterocycles. The summed E-state index contributed by atoms with van der Waals surface area (Å²) in [6, 6.07) is 3.17. The molecule has 0 aliphatic heterocycles. The molecular weight excluding hydrogens is 289 g/mol. The highest BCUT2D eigenvalue weighted by atomic mass is 35.5. The van der Waals surface area contributed by atoms with Gasteiger partial charge in [0.1, 0.15) is 5.75 Å². The molecule has 0 radical (unpaired) electrons. The highest BCUT2D eigenvalue weighted by Crippen LogP contribution is 2.32. The SMILES string of the molecule is CC(Oc1c(Cl)cc(Cl)cc1C=O)C(=O)NC1CC1. The molecule has 0 bridgehead atoms. The smallest absolute Gasteiger partial charge is 0.260 e. The zero-order valence-corrected chi connectivity index (χ0v) is 11.8. The van der Waals surface area contributed by atoms with E-state index in [1.54, 1.807) is 6.92 Å². The molecule has 4 nitrogen and oxygen atoms in total. The van der Waals surface area contributed by atoms with E-state index in [9.17, 15) is 9.59 Å². The predicted octanol–water partition coefficient (Wildman–Crippen LogP) is 2.85. The molecule has 0 saturated heterocycles. The van der Waals surface area contributed by atoms with Crippen molar-refractivity contribution in [3.8, 4) is 5.75 Å². The topological polar surface area (TPSA) is 55.4 Å². The maximum absolute atomic E-state index is 11.8. The summed E-state index contributed by atoms with van der Waals surface area (Å²) in [5, 5.41) is 3.37. The van der Waals surface area contributed by atoms with Gasteiger partial charge in [0.25, 0.3) is 5.91 Å². The zero-order valence-electron chi connectivity index (χ0n) is 10.3. The van der Waals surface area contributed by atoms with Gasteiger partial charge >= 0.3 is 0 Å². The summed E-state index contributed by atoms with van der Waals surface area (Å²) in [4.78, 5) is 22.8. The first-order valence-electron chi connectivity index (χ1n) is 5.92. The van der Waals surface area contributed by atoms with Crippen molar-refractivity contribution in [3.63, 3.8) is 0 Å². The summed E-state index contributed by atoms with van der Waals surface area (Å²) in [5.41, 5.74) is 0.226. The Morgan fingerprint density at radius 1 is 1.47 bits per heavy atom. The Balaban J connectivity index is 2.12. The number of amides is 1. The van der Waals surface area contributed by atoms with Crippen LogP contribution in [-0.2, 0) is 4.79 Å². The number of rotatable bonds is 5. The van der Waals surface area contributed by atoms with E-state index >= 15 is 0 Å². The molecule has 1 N–H and O–H groups in total. The van der Waals surface area contributed by atoms with Crippen molar-refractivity contribution in [2.24, 2.45) is 0 Å².